The maximum atomic E-state index is 11.4. The summed E-state index contributed by atoms with van der Waals surface area (Å²) >= 11 is 5.80. The van der Waals surface area contributed by atoms with E-state index in [2.05, 4.69) is 15.6 Å². The minimum absolute atomic E-state index is 0.138. The zero-order valence-corrected chi connectivity index (χ0v) is 20.1. The minimum atomic E-state index is -0.969. The van der Waals surface area contributed by atoms with Crippen molar-refractivity contribution in [1.82, 2.24) is 14.9 Å². The van der Waals surface area contributed by atoms with Crippen LogP contribution >= 0.6 is 12.2 Å². The Morgan fingerprint density at radius 2 is 1.69 bits per heavy atom. The number of aromatic nitrogens is 2. The normalized spacial score (nSPS) is 17.0. The van der Waals surface area contributed by atoms with Gasteiger partial charge >= 0.3 is 5.97 Å². The van der Waals surface area contributed by atoms with E-state index in [4.69, 9.17) is 12.2 Å². The van der Waals surface area contributed by atoms with Crippen molar-refractivity contribution >= 4 is 40.6 Å². The number of carbonyl (C=O) groups is 2. The molecule has 0 saturated carbocycles. The molecule has 9 heteroatoms. The number of benzene rings is 2. The van der Waals surface area contributed by atoms with Crippen LogP contribution in [0.25, 0.3) is 5.69 Å². The lowest BCUT2D eigenvalue weighted by atomic mass is 10.0. The van der Waals surface area contributed by atoms with E-state index in [1.165, 1.54) is 6.92 Å². The van der Waals surface area contributed by atoms with E-state index in [0.29, 0.717) is 10.8 Å². The molecule has 0 radical (unpaired) electrons. The van der Waals surface area contributed by atoms with Gasteiger partial charge in [0.25, 0.3) is 0 Å². The first-order chi connectivity index (χ1) is 17.4. The summed E-state index contributed by atoms with van der Waals surface area (Å²) in [5.41, 5.74) is 4.41. The molecular weight excluding hydrogens is 474 g/mol. The van der Waals surface area contributed by atoms with Crippen LogP contribution in [0.4, 0.5) is 11.4 Å². The average Bonchev–Trinajstić information content (AvgIpc) is 3.49. The largest absolute Gasteiger partial charge is 0.478 e. The number of carboxylic acid groups (broad SMARTS) is 1. The standard InChI is InChI=1S/C27H23N5O3S/c1-17(33)29-19-9-13-21(14-10-19)32-25(24(30-27(32)36)22-5-2-3-15-28-22)23-6-4-16-31(23)20-11-7-18(8-12-20)26(34)35/h2-16,24-25H,1H3,(H,29,33)(H,30,36)(H,34,35). The van der Waals surface area contributed by atoms with Gasteiger partial charge in [-0.15, -0.1) is 0 Å². The summed E-state index contributed by atoms with van der Waals surface area (Å²) in [7, 11) is 0. The molecule has 2 aromatic carbocycles. The van der Waals surface area contributed by atoms with Crippen LogP contribution < -0.4 is 15.5 Å². The Morgan fingerprint density at radius 3 is 2.33 bits per heavy atom. The Morgan fingerprint density at radius 1 is 0.972 bits per heavy atom. The predicted molar refractivity (Wildman–Crippen MR) is 141 cm³/mol. The van der Waals surface area contributed by atoms with E-state index in [0.717, 1.165) is 22.8 Å². The van der Waals surface area contributed by atoms with Crippen molar-refractivity contribution in [2.75, 3.05) is 10.2 Å². The number of amides is 1. The monoisotopic (exact) mass is 497 g/mol. The molecule has 3 N–H and O–H groups in total. The third-order valence-electron chi connectivity index (χ3n) is 6.04. The van der Waals surface area contributed by atoms with Gasteiger partial charge in [-0.2, -0.15) is 0 Å². The van der Waals surface area contributed by atoms with Crippen molar-refractivity contribution in [3.05, 3.63) is 108 Å². The molecule has 2 aromatic heterocycles. The molecular formula is C27H23N5O3S. The number of anilines is 2. The molecule has 1 saturated heterocycles. The van der Waals surface area contributed by atoms with Gasteiger partial charge in [0.05, 0.1) is 17.3 Å². The highest BCUT2D eigenvalue weighted by Gasteiger charge is 2.42. The van der Waals surface area contributed by atoms with Crippen LogP contribution in [0, 0.1) is 0 Å². The SMILES string of the molecule is CC(=O)Nc1ccc(N2C(=S)NC(c3ccccn3)C2c2cccn2-c2ccc(C(=O)O)cc2)cc1. The quantitative estimate of drug-likeness (QED) is 0.332. The number of hydrogen-bond donors (Lipinski definition) is 3. The van der Waals surface area contributed by atoms with Crippen LogP contribution in [-0.2, 0) is 4.79 Å². The third kappa shape index (κ3) is 4.44. The van der Waals surface area contributed by atoms with Gasteiger partial charge in [-0.3, -0.25) is 9.78 Å². The first kappa shape index (κ1) is 23.3. The Bertz CT molecular complexity index is 1420. The van der Waals surface area contributed by atoms with E-state index in [1.807, 2.05) is 70.3 Å². The van der Waals surface area contributed by atoms with Crippen molar-refractivity contribution in [1.29, 1.82) is 0 Å². The zero-order chi connectivity index (χ0) is 25.2. The molecule has 180 valence electrons. The second-order valence-electron chi connectivity index (χ2n) is 8.38. The van der Waals surface area contributed by atoms with Gasteiger partial charge in [-0.05, 0) is 85.0 Å². The van der Waals surface area contributed by atoms with E-state index in [1.54, 1.807) is 30.5 Å². The molecule has 2 unspecified atom stereocenters. The predicted octanol–water partition coefficient (Wildman–Crippen LogP) is 4.71. The molecule has 0 spiro atoms. The summed E-state index contributed by atoms with van der Waals surface area (Å²) in [5, 5.41) is 16.1. The van der Waals surface area contributed by atoms with E-state index < -0.39 is 5.97 Å². The second kappa shape index (κ2) is 9.63. The zero-order valence-electron chi connectivity index (χ0n) is 19.3. The highest BCUT2D eigenvalue weighted by molar-refractivity contribution is 7.80. The molecule has 1 amide bonds. The van der Waals surface area contributed by atoms with Crippen LogP contribution in [0.1, 0.15) is 40.8 Å². The molecule has 1 aliphatic rings. The van der Waals surface area contributed by atoms with Gasteiger partial charge in [0.15, 0.2) is 5.11 Å². The smallest absolute Gasteiger partial charge is 0.335 e. The fourth-order valence-electron chi connectivity index (χ4n) is 4.48. The molecule has 3 heterocycles. The van der Waals surface area contributed by atoms with Crippen molar-refractivity contribution in [2.24, 2.45) is 0 Å². The second-order valence-corrected chi connectivity index (χ2v) is 8.77. The van der Waals surface area contributed by atoms with Gasteiger partial charge in [0.2, 0.25) is 5.91 Å². The van der Waals surface area contributed by atoms with Crippen LogP contribution in [0.15, 0.2) is 91.3 Å². The summed E-state index contributed by atoms with van der Waals surface area (Å²) < 4.78 is 2.03. The lowest BCUT2D eigenvalue weighted by molar-refractivity contribution is -0.114. The number of carbonyl (C=O) groups excluding carboxylic acids is 1. The van der Waals surface area contributed by atoms with E-state index >= 15 is 0 Å². The summed E-state index contributed by atoms with van der Waals surface area (Å²) in [6.45, 7) is 1.47. The topological polar surface area (TPSA) is 99.5 Å². The molecule has 2 atom stereocenters. The Kier molecular flexibility index (Phi) is 6.22. The fraction of sp³-hybridized carbons (Fsp3) is 0.111. The Labute approximate surface area is 213 Å². The van der Waals surface area contributed by atoms with E-state index in [-0.39, 0.29) is 23.6 Å². The number of rotatable bonds is 6. The first-order valence-electron chi connectivity index (χ1n) is 11.3. The van der Waals surface area contributed by atoms with Gasteiger partial charge in [0.1, 0.15) is 6.04 Å². The van der Waals surface area contributed by atoms with Gasteiger partial charge in [0, 0.05) is 42.1 Å². The number of pyridine rings is 1. The average molecular weight is 498 g/mol. The maximum absolute atomic E-state index is 11.4. The lowest BCUT2D eigenvalue weighted by Crippen LogP contribution is -2.30. The van der Waals surface area contributed by atoms with Crippen LogP contribution in [0.3, 0.4) is 0 Å². The Hall–Kier alpha value is -4.50. The molecule has 1 aliphatic heterocycles. The van der Waals surface area contributed by atoms with Crippen LogP contribution in [0.5, 0.6) is 0 Å². The van der Waals surface area contributed by atoms with Crippen molar-refractivity contribution in [3.63, 3.8) is 0 Å². The van der Waals surface area contributed by atoms with Gasteiger partial charge < -0.3 is 25.2 Å². The van der Waals surface area contributed by atoms with Crippen molar-refractivity contribution in [2.45, 2.75) is 19.0 Å². The summed E-state index contributed by atoms with van der Waals surface area (Å²) in [6.07, 6.45) is 3.70. The summed E-state index contributed by atoms with van der Waals surface area (Å²) in [4.78, 5) is 29.4. The third-order valence-corrected chi connectivity index (χ3v) is 6.35. The number of carboxylic acids is 1. The minimum Gasteiger partial charge on any atom is -0.478 e. The molecule has 5 rings (SSSR count). The number of nitrogens with zero attached hydrogens (tertiary/aromatic N) is 3. The maximum Gasteiger partial charge on any atom is 0.335 e. The molecule has 1 fully saturated rings. The molecule has 36 heavy (non-hydrogen) atoms. The van der Waals surface area contributed by atoms with Gasteiger partial charge in [-0.25, -0.2) is 4.79 Å². The number of thiocarbonyl (C=S) groups is 1. The number of nitrogens with one attached hydrogen (secondary N) is 2. The summed E-state index contributed by atoms with van der Waals surface area (Å²) in [5.74, 6) is -1.11. The number of aromatic carboxylic acids is 1. The Balaban J connectivity index is 1.59. The molecule has 0 bridgehead atoms. The van der Waals surface area contributed by atoms with E-state index in [9.17, 15) is 14.7 Å². The van der Waals surface area contributed by atoms with Crippen LogP contribution in [0.2, 0.25) is 0 Å². The highest BCUT2D eigenvalue weighted by Crippen LogP contribution is 2.42. The fourth-order valence-corrected chi connectivity index (χ4v) is 4.82. The highest BCUT2D eigenvalue weighted by atomic mass is 32.1. The first-order valence-corrected chi connectivity index (χ1v) is 11.7. The molecule has 4 aromatic rings. The van der Waals surface area contributed by atoms with Crippen molar-refractivity contribution < 1.29 is 14.7 Å². The summed E-state index contributed by atoms with van der Waals surface area (Å²) in [6, 6.07) is 23.5. The van der Waals surface area contributed by atoms with Crippen molar-refractivity contribution in [3.8, 4) is 5.69 Å². The lowest BCUT2D eigenvalue weighted by Gasteiger charge is -2.29. The number of hydrogen-bond acceptors (Lipinski definition) is 4. The molecule has 0 aliphatic carbocycles. The van der Waals surface area contributed by atoms with Gasteiger partial charge in [-0.1, -0.05) is 6.07 Å². The molecule has 8 nitrogen and oxygen atoms in total. The van der Waals surface area contributed by atoms with Crippen LogP contribution in [-0.4, -0.2) is 31.6 Å².